The van der Waals surface area contributed by atoms with Gasteiger partial charge in [0.05, 0.1) is 6.20 Å². The molecule has 0 aliphatic heterocycles. The van der Waals surface area contributed by atoms with Gasteiger partial charge in [0, 0.05) is 18.4 Å². The van der Waals surface area contributed by atoms with Gasteiger partial charge in [-0.1, -0.05) is 6.42 Å². The lowest BCUT2D eigenvalue weighted by molar-refractivity contribution is 0.285. The normalized spacial score (nSPS) is 17.4. The first-order valence-corrected chi connectivity index (χ1v) is 6.35. The van der Waals surface area contributed by atoms with Gasteiger partial charge in [-0.3, -0.25) is 0 Å². The lowest BCUT2D eigenvalue weighted by atomic mass is 9.80. The van der Waals surface area contributed by atoms with Gasteiger partial charge in [0.1, 0.15) is 0 Å². The summed E-state index contributed by atoms with van der Waals surface area (Å²) in [6.45, 7) is 2.20. The van der Waals surface area contributed by atoms with E-state index in [4.69, 9.17) is 5.84 Å². The number of nitrogens with two attached hydrogens (primary N) is 1. The minimum Gasteiger partial charge on any atom is -0.364 e. The van der Waals surface area contributed by atoms with Crippen LogP contribution in [0, 0.1) is 5.92 Å². The van der Waals surface area contributed by atoms with Gasteiger partial charge in [-0.05, 0) is 25.7 Å². The SMILES string of the molecule is CC(Nc1nc(NN)cn2ccnc12)C1CCC1. The standard InChI is InChI=1S/C12H18N6/c1-8(9-3-2-4-9)15-11-12-14-5-6-18(12)7-10(16-11)17-13/h5-9,17H,2-4,13H2,1H3,(H,15,16). The fourth-order valence-corrected chi connectivity index (χ4v) is 2.37. The van der Waals surface area contributed by atoms with E-state index < -0.39 is 0 Å². The summed E-state index contributed by atoms with van der Waals surface area (Å²) in [5.74, 6) is 7.59. The van der Waals surface area contributed by atoms with E-state index in [2.05, 4.69) is 27.6 Å². The predicted octanol–water partition coefficient (Wildman–Crippen LogP) is 1.62. The number of nitrogen functional groups attached to an aromatic ring is 1. The Labute approximate surface area is 106 Å². The largest absolute Gasteiger partial charge is 0.364 e. The first kappa shape index (κ1) is 11.3. The van der Waals surface area contributed by atoms with Crippen molar-refractivity contribution in [2.24, 2.45) is 11.8 Å². The second-order valence-electron chi connectivity index (χ2n) is 4.90. The van der Waals surface area contributed by atoms with Gasteiger partial charge in [-0.25, -0.2) is 15.8 Å². The van der Waals surface area contributed by atoms with Crippen molar-refractivity contribution < 1.29 is 0 Å². The number of fused-ring (bicyclic) bond motifs is 1. The van der Waals surface area contributed by atoms with Crippen molar-refractivity contribution >= 4 is 17.3 Å². The molecule has 1 aliphatic rings. The van der Waals surface area contributed by atoms with Crippen molar-refractivity contribution in [2.75, 3.05) is 10.7 Å². The van der Waals surface area contributed by atoms with E-state index in [1.165, 1.54) is 19.3 Å². The zero-order valence-corrected chi connectivity index (χ0v) is 10.4. The molecule has 0 saturated heterocycles. The predicted molar refractivity (Wildman–Crippen MR) is 71.2 cm³/mol. The quantitative estimate of drug-likeness (QED) is 0.564. The van der Waals surface area contributed by atoms with Crippen molar-refractivity contribution in [2.45, 2.75) is 32.2 Å². The second kappa shape index (κ2) is 4.45. The summed E-state index contributed by atoms with van der Waals surface area (Å²) in [7, 11) is 0. The van der Waals surface area contributed by atoms with E-state index in [9.17, 15) is 0 Å². The molecular weight excluding hydrogens is 228 g/mol. The first-order valence-electron chi connectivity index (χ1n) is 6.35. The average Bonchev–Trinajstić information content (AvgIpc) is 2.74. The fraction of sp³-hybridized carbons (Fsp3) is 0.500. The Hall–Kier alpha value is -1.82. The van der Waals surface area contributed by atoms with Crippen LogP contribution in [-0.2, 0) is 0 Å². The Bertz CT molecular complexity index is 544. The van der Waals surface area contributed by atoms with Crippen LogP contribution in [0.15, 0.2) is 18.6 Å². The summed E-state index contributed by atoms with van der Waals surface area (Å²) in [4.78, 5) is 8.76. The third kappa shape index (κ3) is 1.88. The van der Waals surface area contributed by atoms with Gasteiger partial charge >= 0.3 is 0 Å². The third-order valence-electron chi connectivity index (χ3n) is 3.74. The first-order chi connectivity index (χ1) is 8.78. The number of hydrazine groups is 1. The molecule has 2 aromatic heterocycles. The molecule has 2 aromatic rings. The highest BCUT2D eigenvalue weighted by atomic mass is 15.3. The van der Waals surface area contributed by atoms with Crippen molar-refractivity contribution in [3.63, 3.8) is 0 Å². The van der Waals surface area contributed by atoms with Crippen LogP contribution < -0.4 is 16.6 Å². The van der Waals surface area contributed by atoms with Gasteiger partial charge in [0.2, 0.25) is 0 Å². The maximum atomic E-state index is 5.43. The van der Waals surface area contributed by atoms with Crippen molar-refractivity contribution in [3.05, 3.63) is 18.6 Å². The van der Waals surface area contributed by atoms with Crippen molar-refractivity contribution in [1.29, 1.82) is 0 Å². The number of nitrogens with one attached hydrogen (secondary N) is 2. The van der Waals surface area contributed by atoms with Crippen LogP contribution in [0.25, 0.3) is 5.65 Å². The number of aromatic nitrogens is 3. The molecule has 3 rings (SSSR count). The molecule has 6 heteroatoms. The lowest BCUT2D eigenvalue weighted by Gasteiger charge is -2.32. The molecule has 0 aromatic carbocycles. The van der Waals surface area contributed by atoms with E-state index in [0.29, 0.717) is 11.9 Å². The number of anilines is 2. The third-order valence-corrected chi connectivity index (χ3v) is 3.74. The molecule has 96 valence electrons. The van der Waals surface area contributed by atoms with E-state index in [0.717, 1.165) is 17.4 Å². The average molecular weight is 246 g/mol. The number of hydrogen-bond acceptors (Lipinski definition) is 5. The highest BCUT2D eigenvalue weighted by Crippen LogP contribution is 2.31. The molecule has 18 heavy (non-hydrogen) atoms. The molecule has 1 aliphatic carbocycles. The summed E-state index contributed by atoms with van der Waals surface area (Å²) >= 11 is 0. The smallest absolute Gasteiger partial charge is 0.180 e. The molecule has 0 bridgehead atoms. The van der Waals surface area contributed by atoms with Crippen molar-refractivity contribution in [3.8, 4) is 0 Å². The highest BCUT2D eigenvalue weighted by Gasteiger charge is 2.24. The van der Waals surface area contributed by atoms with Crippen LogP contribution >= 0.6 is 0 Å². The summed E-state index contributed by atoms with van der Waals surface area (Å²) in [5, 5.41) is 3.46. The van der Waals surface area contributed by atoms with Crippen LogP contribution in [0.1, 0.15) is 26.2 Å². The molecule has 0 amide bonds. The number of hydrogen-bond donors (Lipinski definition) is 3. The Kier molecular flexibility index (Phi) is 2.79. The van der Waals surface area contributed by atoms with E-state index in [-0.39, 0.29) is 0 Å². The van der Waals surface area contributed by atoms with Gasteiger partial charge in [0.25, 0.3) is 0 Å². The Morgan fingerprint density at radius 3 is 3.00 bits per heavy atom. The second-order valence-corrected chi connectivity index (χ2v) is 4.90. The molecule has 1 saturated carbocycles. The monoisotopic (exact) mass is 246 g/mol. The van der Waals surface area contributed by atoms with Crippen LogP contribution in [0.4, 0.5) is 11.6 Å². The van der Waals surface area contributed by atoms with Crippen LogP contribution in [0.3, 0.4) is 0 Å². The Balaban J connectivity index is 1.91. The van der Waals surface area contributed by atoms with Gasteiger partial charge < -0.3 is 15.1 Å². The van der Waals surface area contributed by atoms with Crippen molar-refractivity contribution in [1.82, 2.24) is 14.4 Å². The molecule has 4 N–H and O–H groups in total. The maximum absolute atomic E-state index is 5.43. The van der Waals surface area contributed by atoms with Crippen LogP contribution in [0.5, 0.6) is 0 Å². The molecular formula is C12H18N6. The van der Waals surface area contributed by atoms with Gasteiger partial charge in [0.15, 0.2) is 17.3 Å². The number of imidazole rings is 1. The maximum Gasteiger partial charge on any atom is 0.180 e. The van der Waals surface area contributed by atoms with Gasteiger partial charge in [-0.15, -0.1) is 0 Å². The zero-order valence-electron chi connectivity index (χ0n) is 10.4. The fourth-order valence-electron chi connectivity index (χ4n) is 2.37. The lowest BCUT2D eigenvalue weighted by Crippen LogP contribution is -2.31. The van der Waals surface area contributed by atoms with E-state index in [1.807, 2.05) is 16.8 Å². The Morgan fingerprint density at radius 1 is 1.50 bits per heavy atom. The van der Waals surface area contributed by atoms with Crippen LogP contribution in [0.2, 0.25) is 0 Å². The molecule has 1 fully saturated rings. The molecule has 1 atom stereocenters. The summed E-state index contributed by atoms with van der Waals surface area (Å²) in [5.41, 5.74) is 3.41. The Morgan fingerprint density at radius 2 is 2.33 bits per heavy atom. The number of rotatable bonds is 4. The molecule has 0 spiro atoms. The molecule has 6 nitrogen and oxygen atoms in total. The van der Waals surface area contributed by atoms with Gasteiger partial charge in [-0.2, -0.15) is 0 Å². The molecule has 1 unspecified atom stereocenters. The topological polar surface area (TPSA) is 80.3 Å². The minimum absolute atomic E-state index is 0.416. The van der Waals surface area contributed by atoms with Crippen LogP contribution in [-0.4, -0.2) is 20.4 Å². The summed E-state index contributed by atoms with van der Waals surface area (Å²) < 4.78 is 1.91. The van der Waals surface area contributed by atoms with E-state index in [1.54, 1.807) is 6.20 Å². The zero-order chi connectivity index (χ0) is 12.5. The minimum atomic E-state index is 0.416. The highest BCUT2D eigenvalue weighted by molar-refractivity contribution is 5.65. The van der Waals surface area contributed by atoms with E-state index >= 15 is 0 Å². The summed E-state index contributed by atoms with van der Waals surface area (Å²) in [6.07, 6.45) is 9.41. The number of nitrogens with zero attached hydrogens (tertiary/aromatic N) is 3. The molecule has 2 heterocycles. The molecule has 0 radical (unpaired) electrons. The summed E-state index contributed by atoms with van der Waals surface area (Å²) in [6, 6.07) is 0.416.